The van der Waals surface area contributed by atoms with E-state index in [2.05, 4.69) is 14.5 Å². The first-order chi connectivity index (χ1) is 20.1. The summed E-state index contributed by atoms with van der Waals surface area (Å²) in [4.78, 5) is 41.0. The summed E-state index contributed by atoms with van der Waals surface area (Å²) >= 11 is 0. The third-order valence-electron chi connectivity index (χ3n) is 7.37. The second-order valence-corrected chi connectivity index (χ2v) is 11.7. The van der Waals surface area contributed by atoms with Crippen molar-refractivity contribution in [1.29, 1.82) is 0 Å². The maximum atomic E-state index is 13.5. The van der Waals surface area contributed by atoms with Crippen molar-refractivity contribution in [3.8, 4) is 11.5 Å². The van der Waals surface area contributed by atoms with E-state index in [-0.39, 0.29) is 34.6 Å². The first-order valence-corrected chi connectivity index (χ1v) is 14.2. The Morgan fingerprint density at radius 1 is 1.26 bits per heavy atom. The van der Waals surface area contributed by atoms with Gasteiger partial charge in [-0.15, -0.1) is 0 Å². The van der Waals surface area contributed by atoms with Crippen LogP contribution in [0.2, 0.25) is 0 Å². The van der Waals surface area contributed by atoms with E-state index < -0.39 is 55.6 Å². The van der Waals surface area contributed by atoms with E-state index in [0.29, 0.717) is 31.2 Å². The van der Waals surface area contributed by atoms with Crippen molar-refractivity contribution in [2.24, 2.45) is 0 Å². The molecule has 0 bridgehead atoms. The Balaban J connectivity index is 1.46. The van der Waals surface area contributed by atoms with Gasteiger partial charge in [-0.05, 0) is 49.4 Å². The molecule has 1 aliphatic heterocycles. The van der Waals surface area contributed by atoms with Crippen LogP contribution >= 0.6 is 0 Å². The first kappa shape index (κ1) is 29.8. The van der Waals surface area contributed by atoms with Gasteiger partial charge in [0.25, 0.3) is 5.91 Å². The van der Waals surface area contributed by atoms with E-state index in [1.54, 1.807) is 12.1 Å². The summed E-state index contributed by atoms with van der Waals surface area (Å²) in [6, 6.07) is 7.13. The van der Waals surface area contributed by atoms with Crippen molar-refractivity contribution in [3.05, 3.63) is 69.4 Å². The summed E-state index contributed by atoms with van der Waals surface area (Å²) < 4.78 is 72.3. The molecule has 1 saturated heterocycles. The molecule has 5 rings (SSSR count). The number of carbonyl (C=O) groups is 2. The van der Waals surface area contributed by atoms with Crippen LogP contribution in [0.3, 0.4) is 0 Å². The van der Waals surface area contributed by atoms with Gasteiger partial charge in [-0.3, -0.25) is 19.9 Å². The number of aromatic nitrogens is 1. The lowest BCUT2D eigenvalue weighted by Gasteiger charge is -2.38. The molecule has 228 valence electrons. The quantitative estimate of drug-likeness (QED) is 0.151. The zero-order valence-electron chi connectivity index (χ0n) is 22.3. The molecule has 2 N–H and O–H groups in total. The monoisotopic (exact) mass is 624 g/mol. The van der Waals surface area contributed by atoms with E-state index in [9.17, 15) is 46.4 Å². The van der Waals surface area contributed by atoms with Gasteiger partial charge < -0.3 is 24.2 Å². The summed E-state index contributed by atoms with van der Waals surface area (Å²) in [7, 11) is -5.99. The number of alkyl halides is 3. The zero-order valence-corrected chi connectivity index (χ0v) is 23.1. The molecule has 13 nitrogen and oxygen atoms in total. The van der Waals surface area contributed by atoms with Crippen LogP contribution in [0.15, 0.2) is 42.6 Å². The number of amides is 2. The van der Waals surface area contributed by atoms with Crippen molar-refractivity contribution in [3.63, 3.8) is 0 Å². The van der Waals surface area contributed by atoms with Crippen LogP contribution in [0, 0.1) is 17.0 Å². The van der Waals surface area contributed by atoms with Gasteiger partial charge in [0.05, 0.1) is 22.0 Å². The van der Waals surface area contributed by atoms with Crippen LogP contribution in [0.1, 0.15) is 40.7 Å². The predicted octanol–water partition coefficient (Wildman–Crippen LogP) is 4.23. The number of nitrogens with one attached hydrogen (secondary N) is 1. The van der Waals surface area contributed by atoms with Gasteiger partial charge in [-0.2, -0.15) is 21.6 Å². The summed E-state index contributed by atoms with van der Waals surface area (Å²) in [5.41, 5.74) is -6.61. The van der Waals surface area contributed by atoms with Gasteiger partial charge in [0.1, 0.15) is 12.4 Å². The average molecular weight is 625 g/mol. The molecule has 1 aliphatic carbocycles. The van der Waals surface area contributed by atoms with E-state index in [0.717, 1.165) is 23.1 Å². The number of hydrogen-bond acceptors (Lipinski definition) is 9. The second kappa shape index (κ2) is 10.6. The highest BCUT2D eigenvalue weighted by Gasteiger charge is 2.50. The number of fused-ring (bicyclic) bond motifs is 1. The Morgan fingerprint density at radius 3 is 2.56 bits per heavy atom. The first-order valence-electron chi connectivity index (χ1n) is 12.8. The van der Waals surface area contributed by atoms with Crippen LogP contribution in [-0.4, -0.2) is 65.0 Å². The standard InChI is InChI=1S/C26H23F3N4O9S/c1-14-9-21(33(37)38)22(41-13-15-4-8-32(15)24(35)36)12-18(14)23(34)31-25(5-6-25)19-10-16(42-43(39,40)26(27,28)29)11-20-17(19)3-2-7-30-20/h2-3,7,9-12,15H,4-6,8,13H2,1H3,(H,31,34)(H,35,36). The van der Waals surface area contributed by atoms with Crippen molar-refractivity contribution in [2.75, 3.05) is 13.2 Å². The van der Waals surface area contributed by atoms with Crippen LogP contribution in [0.5, 0.6) is 11.5 Å². The second-order valence-electron chi connectivity index (χ2n) is 10.2. The van der Waals surface area contributed by atoms with Crippen molar-refractivity contribution >= 4 is 38.7 Å². The molecule has 0 radical (unpaired) electrons. The van der Waals surface area contributed by atoms with Gasteiger partial charge in [0.2, 0.25) is 0 Å². The fourth-order valence-electron chi connectivity index (χ4n) is 4.87. The van der Waals surface area contributed by atoms with E-state index >= 15 is 0 Å². The number of benzene rings is 2. The topological polar surface area (TPSA) is 178 Å². The van der Waals surface area contributed by atoms with Crippen LogP contribution in [0.25, 0.3) is 10.9 Å². The van der Waals surface area contributed by atoms with Crippen molar-refractivity contribution in [2.45, 2.75) is 43.3 Å². The number of carbonyl (C=O) groups excluding carboxylic acids is 1. The van der Waals surface area contributed by atoms with Gasteiger partial charge in [-0.1, -0.05) is 6.07 Å². The largest absolute Gasteiger partial charge is 0.534 e. The van der Waals surface area contributed by atoms with Gasteiger partial charge in [0.15, 0.2) is 5.75 Å². The molecule has 3 aromatic rings. The highest BCUT2D eigenvalue weighted by atomic mass is 32.2. The minimum Gasteiger partial charge on any atom is -0.485 e. The Bertz CT molecular complexity index is 1760. The van der Waals surface area contributed by atoms with Gasteiger partial charge in [0, 0.05) is 41.9 Å². The van der Waals surface area contributed by atoms with Crippen molar-refractivity contribution < 1.29 is 50.1 Å². The van der Waals surface area contributed by atoms with Gasteiger partial charge >= 0.3 is 27.4 Å². The van der Waals surface area contributed by atoms with Gasteiger partial charge in [-0.25, -0.2) is 4.79 Å². The SMILES string of the molecule is Cc1cc([N+](=O)[O-])c(OCC2CCN2C(=O)O)cc1C(=O)NC1(c2cc(OS(=O)(=O)C(F)(F)F)cc3ncccc23)CC1. The highest BCUT2D eigenvalue weighted by molar-refractivity contribution is 7.88. The summed E-state index contributed by atoms with van der Waals surface area (Å²) in [5.74, 6) is -1.57. The smallest absolute Gasteiger partial charge is 0.485 e. The number of likely N-dealkylation sites (tertiary alicyclic amines) is 1. The fraction of sp³-hybridized carbons (Fsp3) is 0.346. The van der Waals surface area contributed by atoms with E-state index in [1.165, 1.54) is 19.2 Å². The number of pyridine rings is 1. The molecule has 2 amide bonds. The third kappa shape index (κ3) is 5.71. The molecule has 17 heteroatoms. The normalized spacial score (nSPS) is 17.6. The Morgan fingerprint density at radius 2 is 1.98 bits per heavy atom. The number of ether oxygens (including phenoxy) is 1. The molecule has 2 aromatic carbocycles. The molecule has 1 atom stereocenters. The molecule has 1 saturated carbocycles. The lowest BCUT2D eigenvalue weighted by Crippen LogP contribution is -2.53. The number of nitrogens with zero attached hydrogens (tertiary/aromatic N) is 3. The van der Waals surface area contributed by atoms with Crippen molar-refractivity contribution in [1.82, 2.24) is 15.2 Å². The lowest BCUT2D eigenvalue weighted by molar-refractivity contribution is -0.386. The number of hydrogen-bond donors (Lipinski definition) is 2. The summed E-state index contributed by atoms with van der Waals surface area (Å²) in [5, 5.41) is 24.2. The molecule has 0 spiro atoms. The molecule has 2 heterocycles. The Kier molecular flexibility index (Phi) is 7.32. The summed E-state index contributed by atoms with van der Waals surface area (Å²) in [6.07, 6.45) is 1.37. The zero-order chi connectivity index (χ0) is 31.3. The maximum Gasteiger partial charge on any atom is 0.534 e. The molecular formula is C26H23F3N4O9S. The van der Waals surface area contributed by atoms with Crippen LogP contribution in [-0.2, 0) is 15.7 Å². The number of rotatable bonds is 9. The third-order valence-corrected chi connectivity index (χ3v) is 8.35. The molecule has 2 aliphatic rings. The molecule has 1 aromatic heterocycles. The number of aryl methyl sites for hydroxylation is 1. The van der Waals surface area contributed by atoms with Crippen LogP contribution < -0.4 is 14.2 Å². The Labute approximate surface area is 241 Å². The maximum absolute atomic E-state index is 13.5. The lowest BCUT2D eigenvalue weighted by atomic mass is 9.97. The average Bonchev–Trinajstić information content (AvgIpc) is 3.67. The fourth-order valence-corrected chi connectivity index (χ4v) is 5.32. The summed E-state index contributed by atoms with van der Waals surface area (Å²) in [6.45, 7) is 1.60. The predicted molar refractivity (Wildman–Crippen MR) is 142 cm³/mol. The highest BCUT2D eigenvalue weighted by Crippen LogP contribution is 2.49. The number of nitro groups is 1. The molecule has 1 unspecified atom stereocenters. The van der Waals surface area contributed by atoms with E-state index in [4.69, 9.17) is 4.74 Å². The molecule has 2 fully saturated rings. The number of carboxylic acid groups (broad SMARTS) is 1. The molecule has 43 heavy (non-hydrogen) atoms. The van der Waals surface area contributed by atoms with E-state index in [1.807, 2.05) is 0 Å². The number of halogens is 3. The Hall–Kier alpha value is -4.67. The van der Waals surface area contributed by atoms with Crippen LogP contribution in [0.4, 0.5) is 23.7 Å². The molecular weight excluding hydrogens is 601 g/mol. The minimum atomic E-state index is -5.99. The minimum absolute atomic E-state index is 0.00468. The number of nitro benzene ring substituents is 1.